The standard InChI is InChI=1S/C26H28N4O4/c1-2-18-3-6-21(7-4-18)34-25-14-24(28-16-29-25)30-11-9-20(10-12-30)26(31)27-15-19-5-8-22-23(13-19)33-17-32-22/h3-8,13-14,16,20H,2,9-12,15,17H2,1H3,(H,27,31). The lowest BCUT2D eigenvalue weighted by molar-refractivity contribution is -0.125. The third-order valence-electron chi connectivity index (χ3n) is 6.28. The van der Waals surface area contributed by atoms with E-state index in [1.807, 2.05) is 36.4 Å². The zero-order chi connectivity index (χ0) is 23.3. The SMILES string of the molecule is CCc1ccc(Oc2cc(N3CCC(C(=O)NCc4ccc5c(c4)OCO5)CC3)ncn2)cc1. The number of nitrogens with zero attached hydrogens (tertiary/aromatic N) is 3. The number of aromatic nitrogens is 2. The van der Waals surface area contributed by atoms with Gasteiger partial charge >= 0.3 is 0 Å². The summed E-state index contributed by atoms with van der Waals surface area (Å²) in [5.41, 5.74) is 2.26. The molecular formula is C26H28N4O4. The van der Waals surface area contributed by atoms with Gasteiger partial charge in [0.25, 0.3) is 0 Å². The monoisotopic (exact) mass is 460 g/mol. The van der Waals surface area contributed by atoms with E-state index in [0.29, 0.717) is 12.4 Å². The van der Waals surface area contributed by atoms with E-state index < -0.39 is 0 Å². The number of amides is 1. The van der Waals surface area contributed by atoms with Crippen LogP contribution < -0.4 is 24.4 Å². The van der Waals surface area contributed by atoms with Crippen LogP contribution in [-0.4, -0.2) is 35.8 Å². The van der Waals surface area contributed by atoms with Gasteiger partial charge < -0.3 is 24.4 Å². The molecular weight excluding hydrogens is 432 g/mol. The molecule has 0 atom stereocenters. The zero-order valence-corrected chi connectivity index (χ0v) is 19.2. The molecule has 3 heterocycles. The quantitative estimate of drug-likeness (QED) is 0.568. The maximum absolute atomic E-state index is 12.7. The Bertz CT molecular complexity index is 1140. The normalized spacial score (nSPS) is 15.3. The van der Waals surface area contributed by atoms with Gasteiger partial charge in [0.1, 0.15) is 17.9 Å². The number of carbonyl (C=O) groups is 1. The van der Waals surface area contributed by atoms with Gasteiger partial charge in [-0.1, -0.05) is 25.1 Å². The van der Waals surface area contributed by atoms with Crippen molar-refractivity contribution in [1.82, 2.24) is 15.3 Å². The Morgan fingerprint density at radius 3 is 2.59 bits per heavy atom. The minimum atomic E-state index is -0.0140. The molecule has 1 saturated heterocycles. The van der Waals surface area contributed by atoms with E-state index >= 15 is 0 Å². The Labute approximate surface area is 198 Å². The van der Waals surface area contributed by atoms with Crippen LogP contribution in [0, 0.1) is 5.92 Å². The van der Waals surface area contributed by atoms with Gasteiger partial charge in [0.05, 0.1) is 0 Å². The van der Waals surface area contributed by atoms with Crippen LogP contribution in [0.4, 0.5) is 5.82 Å². The molecule has 2 aliphatic heterocycles. The molecule has 8 heteroatoms. The van der Waals surface area contributed by atoms with Gasteiger partial charge in [-0.3, -0.25) is 4.79 Å². The highest BCUT2D eigenvalue weighted by Crippen LogP contribution is 2.32. The van der Waals surface area contributed by atoms with Crippen LogP contribution in [0.25, 0.3) is 0 Å². The zero-order valence-electron chi connectivity index (χ0n) is 19.2. The molecule has 0 aliphatic carbocycles. The highest BCUT2D eigenvalue weighted by molar-refractivity contribution is 5.79. The molecule has 8 nitrogen and oxygen atoms in total. The molecule has 34 heavy (non-hydrogen) atoms. The molecule has 5 rings (SSSR count). The van der Waals surface area contributed by atoms with E-state index in [2.05, 4.69) is 39.2 Å². The first-order valence-corrected chi connectivity index (χ1v) is 11.7. The number of ether oxygens (including phenoxy) is 3. The van der Waals surface area contributed by atoms with Gasteiger partial charge in [-0.05, 0) is 54.7 Å². The van der Waals surface area contributed by atoms with E-state index in [4.69, 9.17) is 14.2 Å². The Morgan fingerprint density at radius 1 is 1.03 bits per heavy atom. The van der Waals surface area contributed by atoms with Crippen LogP contribution in [0.15, 0.2) is 54.9 Å². The number of carbonyl (C=O) groups excluding carboxylic acids is 1. The van der Waals surface area contributed by atoms with Gasteiger partial charge in [0.15, 0.2) is 11.5 Å². The van der Waals surface area contributed by atoms with Gasteiger partial charge in [-0.2, -0.15) is 0 Å². The number of aryl methyl sites for hydroxylation is 1. The van der Waals surface area contributed by atoms with E-state index in [9.17, 15) is 4.79 Å². The van der Waals surface area contributed by atoms with Crippen molar-refractivity contribution < 1.29 is 19.0 Å². The number of benzene rings is 2. The Balaban J connectivity index is 1.12. The summed E-state index contributed by atoms with van der Waals surface area (Å²) in [6.07, 6.45) is 4.05. The van der Waals surface area contributed by atoms with Crippen molar-refractivity contribution in [3.05, 3.63) is 66.0 Å². The number of piperidine rings is 1. The maximum atomic E-state index is 12.7. The van der Waals surface area contributed by atoms with E-state index in [0.717, 1.165) is 61.0 Å². The first-order valence-electron chi connectivity index (χ1n) is 11.7. The number of hydrogen-bond acceptors (Lipinski definition) is 7. The lowest BCUT2D eigenvalue weighted by atomic mass is 9.96. The molecule has 1 aromatic heterocycles. The van der Waals surface area contributed by atoms with Crippen LogP contribution in [0.2, 0.25) is 0 Å². The molecule has 1 fully saturated rings. The summed E-state index contributed by atoms with van der Waals surface area (Å²) in [7, 11) is 0. The minimum Gasteiger partial charge on any atom is -0.454 e. The number of fused-ring (bicyclic) bond motifs is 1. The lowest BCUT2D eigenvalue weighted by Crippen LogP contribution is -2.40. The van der Waals surface area contributed by atoms with Crippen LogP contribution in [0.5, 0.6) is 23.1 Å². The predicted molar refractivity (Wildman–Crippen MR) is 127 cm³/mol. The van der Waals surface area contributed by atoms with Crippen molar-refractivity contribution in [3.63, 3.8) is 0 Å². The minimum absolute atomic E-state index is 0.0140. The average Bonchev–Trinajstić information content (AvgIpc) is 3.36. The number of anilines is 1. The summed E-state index contributed by atoms with van der Waals surface area (Å²) in [5, 5.41) is 3.06. The van der Waals surface area contributed by atoms with Gasteiger partial charge in [0.2, 0.25) is 18.6 Å². The third-order valence-corrected chi connectivity index (χ3v) is 6.28. The topological polar surface area (TPSA) is 85.8 Å². The first-order chi connectivity index (χ1) is 16.7. The summed E-state index contributed by atoms with van der Waals surface area (Å²) in [6, 6.07) is 15.6. The van der Waals surface area contributed by atoms with Gasteiger partial charge in [0, 0.05) is 31.6 Å². The molecule has 0 saturated carbocycles. The number of hydrogen-bond donors (Lipinski definition) is 1. The average molecular weight is 461 g/mol. The van der Waals surface area contributed by atoms with Crippen molar-refractivity contribution in [2.24, 2.45) is 5.92 Å². The molecule has 1 amide bonds. The Kier molecular flexibility index (Phi) is 6.46. The van der Waals surface area contributed by atoms with Crippen molar-refractivity contribution in [2.45, 2.75) is 32.7 Å². The highest BCUT2D eigenvalue weighted by atomic mass is 16.7. The number of rotatable bonds is 7. The Morgan fingerprint density at radius 2 is 1.79 bits per heavy atom. The molecule has 3 aromatic rings. The van der Waals surface area contributed by atoms with Crippen molar-refractivity contribution in [3.8, 4) is 23.1 Å². The van der Waals surface area contributed by atoms with Crippen LogP contribution in [-0.2, 0) is 17.8 Å². The van der Waals surface area contributed by atoms with E-state index in [-0.39, 0.29) is 18.6 Å². The van der Waals surface area contributed by atoms with Crippen LogP contribution >= 0.6 is 0 Å². The molecule has 0 unspecified atom stereocenters. The summed E-state index contributed by atoms with van der Waals surface area (Å²) >= 11 is 0. The van der Waals surface area contributed by atoms with Crippen molar-refractivity contribution >= 4 is 11.7 Å². The van der Waals surface area contributed by atoms with Crippen LogP contribution in [0.3, 0.4) is 0 Å². The molecule has 0 bridgehead atoms. The molecule has 0 radical (unpaired) electrons. The lowest BCUT2D eigenvalue weighted by Gasteiger charge is -2.32. The molecule has 0 spiro atoms. The second-order valence-electron chi connectivity index (χ2n) is 8.48. The summed E-state index contributed by atoms with van der Waals surface area (Å²) in [6.45, 7) is 4.35. The van der Waals surface area contributed by atoms with E-state index in [1.54, 1.807) is 0 Å². The van der Waals surface area contributed by atoms with Crippen molar-refractivity contribution in [2.75, 3.05) is 24.8 Å². The number of nitrogens with one attached hydrogen (secondary N) is 1. The third kappa shape index (κ3) is 5.06. The Hall–Kier alpha value is -3.81. The maximum Gasteiger partial charge on any atom is 0.231 e. The smallest absolute Gasteiger partial charge is 0.231 e. The summed E-state index contributed by atoms with van der Waals surface area (Å²) in [4.78, 5) is 23.6. The van der Waals surface area contributed by atoms with Crippen LogP contribution in [0.1, 0.15) is 30.9 Å². The molecule has 1 N–H and O–H groups in total. The first kappa shape index (κ1) is 22.0. The fraction of sp³-hybridized carbons (Fsp3) is 0.346. The highest BCUT2D eigenvalue weighted by Gasteiger charge is 2.26. The second-order valence-corrected chi connectivity index (χ2v) is 8.48. The van der Waals surface area contributed by atoms with E-state index in [1.165, 1.54) is 11.9 Å². The summed E-state index contributed by atoms with van der Waals surface area (Å²) in [5.74, 6) is 3.62. The fourth-order valence-corrected chi connectivity index (χ4v) is 4.23. The molecule has 2 aromatic carbocycles. The predicted octanol–water partition coefficient (Wildman–Crippen LogP) is 4.09. The second kappa shape index (κ2) is 9.99. The molecule has 176 valence electrons. The van der Waals surface area contributed by atoms with Gasteiger partial charge in [-0.15, -0.1) is 0 Å². The van der Waals surface area contributed by atoms with Crippen molar-refractivity contribution in [1.29, 1.82) is 0 Å². The molecule has 2 aliphatic rings. The summed E-state index contributed by atoms with van der Waals surface area (Å²) < 4.78 is 16.7. The fourth-order valence-electron chi connectivity index (χ4n) is 4.23. The largest absolute Gasteiger partial charge is 0.454 e. The van der Waals surface area contributed by atoms with Gasteiger partial charge in [-0.25, -0.2) is 9.97 Å².